The van der Waals surface area contributed by atoms with Crippen molar-refractivity contribution in [3.63, 3.8) is 0 Å². The molecule has 1 heterocycles. The molecule has 1 fully saturated rings. The lowest BCUT2D eigenvalue weighted by Gasteiger charge is -2.42. The maximum atomic E-state index is 11.9. The average Bonchev–Trinajstić information content (AvgIpc) is 2.38. The minimum atomic E-state index is -0.223. The summed E-state index contributed by atoms with van der Waals surface area (Å²) in [5.41, 5.74) is -0.223. The van der Waals surface area contributed by atoms with Gasteiger partial charge in [-0.3, -0.25) is 0 Å². The van der Waals surface area contributed by atoms with Gasteiger partial charge in [-0.1, -0.05) is 0 Å². The zero-order valence-corrected chi connectivity index (χ0v) is 12.6. The van der Waals surface area contributed by atoms with Gasteiger partial charge >= 0.3 is 6.03 Å². The standard InChI is InChI=1S/C13H28N4O2/c1-15(2)10-7-14-13(11-18)5-8-17(9-6-13)12(19)16(3)4/h14,18H,5-11H2,1-4H3. The zero-order chi connectivity index (χ0) is 14.5. The van der Waals surface area contributed by atoms with Crippen molar-refractivity contribution in [1.82, 2.24) is 20.0 Å². The van der Waals surface area contributed by atoms with E-state index in [2.05, 4.69) is 10.2 Å². The minimum absolute atomic E-state index is 0.0554. The van der Waals surface area contributed by atoms with E-state index in [1.807, 2.05) is 19.0 Å². The Kier molecular flexibility index (Phi) is 6.03. The van der Waals surface area contributed by atoms with E-state index in [-0.39, 0.29) is 18.2 Å². The Labute approximate surface area is 116 Å². The molecule has 0 aromatic rings. The molecule has 2 amide bonds. The second-order valence-electron chi connectivity index (χ2n) is 5.83. The molecule has 0 radical (unpaired) electrons. The van der Waals surface area contributed by atoms with Gasteiger partial charge in [-0.25, -0.2) is 4.79 Å². The smallest absolute Gasteiger partial charge is 0.319 e. The molecule has 0 bridgehead atoms. The van der Waals surface area contributed by atoms with Crippen molar-refractivity contribution < 1.29 is 9.90 Å². The number of amides is 2. The fraction of sp³-hybridized carbons (Fsp3) is 0.923. The normalized spacial score (nSPS) is 18.7. The number of nitrogens with one attached hydrogen (secondary N) is 1. The molecule has 1 aliphatic rings. The number of nitrogens with zero attached hydrogens (tertiary/aromatic N) is 3. The topological polar surface area (TPSA) is 59.1 Å². The minimum Gasteiger partial charge on any atom is -0.394 e. The highest BCUT2D eigenvalue weighted by Gasteiger charge is 2.35. The molecule has 0 spiro atoms. The lowest BCUT2D eigenvalue weighted by molar-refractivity contribution is 0.0812. The zero-order valence-electron chi connectivity index (χ0n) is 12.6. The third-order valence-corrected chi connectivity index (χ3v) is 3.74. The number of likely N-dealkylation sites (N-methyl/N-ethyl adjacent to an activating group) is 1. The highest BCUT2D eigenvalue weighted by Crippen LogP contribution is 2.22. The summed E-state index contributed by atoms with van der Waals surface area (Å²) in [5, 5.41) is 13.1. The van der Waals surface area contributed by atoms with Gasteiger partial charge in [0.25, 0.3) is 0 Å². The van der Waals surface area contributed by atoms with Crippen LogP contribution in [-0.2, 0) is 0 Å². The molecule has 0 saturated carbocycles. The largest absolute Gasteiger partial charge is 0.394 e. The summed E-state index contributed by atoms with van der Waals surface area (Å²) < 4.78 is 0. The molecule has 0 atom stereocenters. The van der Waals surface area contributed by atoms with Crippen molar-refractivity contribution in [3.8, 4) is 0 Å². The molecular weight excluding hydrogens is 244 g/mol. The number of aliphatic hydroxyl groups excluding tert-OH is 1. The number of carbonyl (C=O) groups is 1. The summed E-state index contributed by atoms with van der Waals surface area (Å²) in [6, 6.07) is 0.0554. The predicted molar refractivity (Wildman–Crippen MR) is 76.3 cm³/mol. The number of urea groups is 1. The molecule has 1 aliphatic heterocycles. The Balaban J connectivity index is 2.45. The van der Waals surface area contributed by atoms with Crippen molar-refractivity contribution in [2.75, 3.05) is 61.0 Å². The Morgan fingerprint density at radius 3 is 2.26 bits per heavy atom. The molecule has 0 aliphatic carbocycles. The quantitative estimate of drug-likeness (QED) is 0.718. The highest BCUT2D eigenvalue weighted by atomic mass is 16.3. The number of hydrogen-bond donors (Lipinski definition) is 2. The molecule has 1 rings (SSSR count). The maximum Gasteiger partial charge on any atom is 0.319 e. The monoisotopic (exact) mass is 272 g/mol. The first-order valence-electron chi connectivity index (χ1n) is 6.87. The van der Waals surface area contributed by atoms with E-state index >= 15 is 0 Å². The van der Waals surface area contributed by atoms with Crippen molar-refractivity contribution in [2.45, 2.75) is 18.4 Å². The van der Waals surface area contributed by atoms with Crippen molar-refractivity contribution in [3.05, 3.63) is 0 Å². The SMILES string of the molecule is CN(C)CCNC1(CO)CCN(C(=O)N(C)C)CC1. The fourth-order valence-corrected chi connectivity index (χ4v) is 2.34. The van der Waals surface area contributed by atoms with Gasteiger partial charge in [0.15, 0.2) is 0 Å². The number of aliphatic hydroxyl groups is 1. The van der Waals surface area contributed by atoms with E-state index in [4.69, 9.17) is 0 Å². The third kappa shape index (κ3) is 4.63. The number of rotatable bonds is 5. The van der Waals surface area contributed by atoms with Crippen LogP contribution >= 0.6 is 0 Å². The number of hydrogen-bond acceptors (Lipinski definition) is 4. The van der Waals surface area contributed by atoms with E-state index in [1.54, 1.807) is 19.0 Å². The van der Waals surface area contributed by atoms with Crippen LogP contribution in [0.1, 0.15) is 12.8 Å². The molecule has 6 nitrogen and oxygen atoms in total. The fourth-order valence-electron chi connectivity index (χ4n) is 2.34. The van der Waals surface area contributed by atoms with Crippen LogP contribution < -0.4 is 5.32 Å². The van der Waals surface area contributed by atoms with Crippen LogP contribution in [0.15, 0.2) is 0 Å². The van der Waals surface area contributed by atoms with E-state index < -0.39 is 0 Å². The number of carbonyl (C=O) groups excluding carboxylic acids is 1. The average molecular weight is 272 g/mol. The number of piperidine rings is 1. The molecule has 6 heteroatoms. The molecule has 2 N–H and O–H groups in total. The molecule has 19 heavy (non-hydrogen) atoms. The van der Waals surface area contributed by atoms with Gasteiger partial charge in [-0.05, 0) is 26.9 Å². The summed E-state index contributed by atoms with van der Waals surface area (Å²) >= 11 is 0. The van der Waals surface area contributed by atoms with Crippen molar-refractivity contribution >= 4 is 6.03 Å². The molecule has 0 unspecified atom stereocenters. The Morgan fingerprint density at radius 2 is 1.84 bits per heavy atom. The van der Waals surface area contributed by atoms with Crippen LogP contribution in [0.3, 0.4) is 0 Å². The molecule has 112 valence electrons. The molecular formula is C13H28N4O2. The summed E-state index contributed by atoms with van der Waals surface area (Å²) in [5.74, 6) is 0. The first kappa shape index (κ1) is 16.2. The van der Waals surface area contributed by atoms with E-state index in [0.717, 1.165) is 25.9 Å². The lowest BCUT2D eigenvalue weighted by Crippen LogP contribution is -2.58. The van der Waals surface area contributed by atoms with Crippen LogP contribution in [0.4, 0.5) is 4.79 Å². The molecule has 1 saturated heterocycles. The highest BCUT2D eigenvalue weighted by molar-refractivity contribution is 5.73. The first-order valence-corrected chi connectivity index (χ1v) is 6.87. The van der Waals surface area contributed by atoms with E-state index in [0.29, 0.717) is 13.1 Å². The van der Waals surface area contributed by atoms with Crippen molar-refractivity contribution in [2.24, 2.45) is 0 Å². The number of likely N-dealkylation sites (tertiary alicyclic amines) is 1. The van der Waals surface area contributed by atoms with Gasteiger partial charge in [0, 0.05) is 45.8 Å². The summed E-state index contributed by atoms with van der Waals surface area (Å²) in [6.45, 7) is 3.33. The predicted octanol–water partition coefficient (Wildman–Crippen LogP) is -0.354. The summed E-state index contributed by atoms with van der Waals surface area (Å²) in [6.07, 6.45) is 1.60. The maximum absolute atomic E-state index is 11.9. The van der Waals surface area contributed by atoms with Crippen LogP contribution in [0.2, 0.25) is 0 Å². The summed E-state index contributed by atoms with van der Waals surface area (Å²) in [7, 11) is 7.61. The van der Waals surface area contributed by atoms with E-state index in [1.165, 1.54) is 0 Å². The van der Waals surface area contributed by atoms with Crippen LogP contribution in [0, 0.1) is 0 Å². The van der Waals surface area contributed by atoms with E-state index in [9.17, 15) is 9.90 Å². The van der Waals surface area contributed by atoms with Crippen LogP contribution in [-0.4, -0.2) is 92.4 Å². The van der Waals surface area contributed by atoms with Crippen LogP contribution in [0.5, 0.6) is 0 Å². The lowest BCUT2D eigenvalue weighted by atomic mass is 9.88. The molecule has 0 aromatic carbocycles. The third-order valence-electron chi connectivity index (χ3n) is 3.74. The second kappa shape index (κ2) is 7.07. The van der Waals surface area contributed by atoms with Gasteiger partial charge < -0.3 is 25.1 Å². The second-order valence-corrected chi connectivity index (χ2v) is 5.83. The summed E-state index contributed by atoms with van der Waals surface area (Å²) in [4.78, 5) is 17.4. The Morgan fingerprint density at radius 1 is 1.26 bits per heavy atom. The first-order chi connectivity index (χ1) is 8.90. The van der Waals surface area contributed by atoms with Gasteiger partial charge in [0.05, 0.1) is 6.61 Å². The Hall–Kier alpha value is -0.850. The van der Waals surface area contributed by atoms with Gasteiger partial charge in [0.1, 0.15) is 0 Å². The van der Waals surface area contributed by atoms with Crippen LogP contribution in [0.25, 0.3) is 0 Å². The Bertz CT molecular complexity index is 286. The van der Waals surface area contributed by atoms with Gasteiger partial charge in [0.2, 0.25) is 0 Å². The van der Waals surface area contributed by atoms with Gasteiger partial charge in [-0.2, -0.15) is 0 Å². The molecule has 0 aromatic heterocycles. The van der Waals surface area contributed by atoms with Crippen molar-refractivity contribution in [1.29, 1.82) is 0 Å². The van der Waals surface area contributed by atoms with Gasteiger partial charge in [-0.15, -0.1) is 0 Å².